The molecule has 40 heavy (non-hydrogen) atoms. The maximum atomic E-state index is 13.2. The molecule has 3 heterocycles. The molecule has 10 nitrogen and oxygen atoms in total. The number of esters is 1. The van der Waals surface area contributed by atoms with Gasteiger partial charge in [0.2, 0.25) is 10.0 Å². The standard InChI is InChI=1S/C29H37N5O5S/c1-5-39-29(36)25(34-40(37,38)26-19(3)13-18(2)14-20(26)4)17-32-28(35)24-15-21(16-31-24)8-10-23-11-9-22-7-6-12-30-27(22)33-23/h9,11,13-16,25,31,34H,5-8,10,12,17H2,1-4H3,(H,30,33)(H,32,35)/t25-/m0/s1. The number of nitrogens with one attached hydrogen (secondary N) is 4. The number of carbonyl (C=O) groups excluding carboxylic acids is 2. The highest BCUT2D eigenvalue weighted by molar-refractivity contribution is 7.89. The molecule has 1 aliphatic rings. The van der Waals surface area contributed by atoms with Crippen LogP contribution in [0.3, 0.4) is 0 Å². The van der Waals surface area contributed by atoms with Crippen LogP contribution in [0.15, 0.2) is 41.4 Å². The quantitative estimate of drug-likeness (QED) is 0.261. The van der Waals surface area contributed by atoms with Gasteiger partial charge in [0.05, 0.1) is 11.5 Å². The van der Waals surface area contributed by atoms with Crippen LogP contribution in [0.4, 0.5) is 5.82 Å². The molecule has 0 saturated heterocycles. The number of sulfonamides is 1. The smallest absolute Gasteiger partial charge is 0.326 e. The number of benzene rings is 1. The fourth-order valence-corrected chi connectivity index (χ4v) is 6.68. The van der Waals surface area contributed by atoms with Crippen LogP contribution in [0.1, 0.15) is 57.3 Å². The first-order chi connectivity index (χ1) is 19.1. The van der Waals surface area contributed by atoms with Crippen LogP contribution in [0.5, 0.6) is 0 Å². The van der Waals surface area contributed by atoms with Gasteiger partial charge in [-0.05, 0) is 87.8 Å². The number of amides is 1. The molecule has 214 valence electrons. The summed E-state index contributed by atoms with van der Waals surface area (Å²) >= 11 is 0. The van der Waals surface area contributed by atoms with Gasteiger partial charge in [0.25, 0.3) is 5.91 Å². The Morgan fingerprint density at radius 2 is 1.85 bits per heavy atom. The Morgan fingerprint density at radius 1 is 1.10 bits per heavy atom. The summed E-state index contributed by atoms with van der Waals surface area (Å²) in [4.78, 5) is 33.3. The average Bonchev–Trinajstić information content (AvgIpc) is 3.38. The SMILES string of the molecule is CCOC(=O)[C@H](CNC(=O)c1cc(CCc2ccc3c(n2)NCCC3)c[nH]1)NS(=O)(=O)c1c(C)cc(C)cc1C. The zero-order valence-corrected chi connectivity index (χ0v) is 24.2. The summed E-state index contributed by atoms with van der Waals surface area (Å²) < 4.78 is 34.0. The summed E-state index contributed by atoms with van der Waals surface area (Å²) in [7, 11) is -4.07. The molecule has 1 atom stereocenters. The number of ether oxygens (including phenoxy) is 1. The molecule has 2 aromatic heterocycles. The zero-order valence-electron chi connectivity index (χ0n) is 23.4. The molecule has 11 heteroatoms. The van der Waals surface area contributed by atoms with Gasteiger partial charge in [-0.3, -0.25) is 9.59 Å². The van der Waals surface area contributed by atoms with E-state index in [1.807, 2.05) is 13.0 Å². The van der Waals surface area contributed by atoms with Gasteiger partial charge < -0.3 is 20.4 Å². The number of aryl methyl sites for hydroxylation is 6. The number of H-pyrrole nitrogens is 1. The lowest BCUT2D eigenvalue weighted by Crippen LogP contribution is -2.49. The minimum Gasteiger partial charge on any atom is -0.465 e. The van der Waals surface area contributed by atoms with Crippen molar-refractivity contribution in [3.63, 3.8) is 0 Å². The van der Waals surface area contributed by atoms with Crippen molar-refractivity contribution in [3.8, 4) is 0 Å². The van der Waals surface area contributed by atoms with Crippen molar-refractivity contribution < 1.29 is 22.7 Å². The van der Waals surface area contributed by atoms with Crippen molar-refractivity contribution in [1.82, 2.24) is 20.0 Å². The van der Waals surface area contributed by atoms with E-state index in [4.69, 9.17) is 9.72 Å². The first-order valence-electron chi connectivity index (χ1n) is 13.5. The Kier molecular flexibility index (Phi) is 9.26. The van der Waals surface area contributed by atoms with Crippen molar-refractivity contribution >= 4 is 27.7 Å². The third-order valence-electron chi connectivity index (χ3n) is 6.82. The van der Waals surface area contributed by atoms with E-state index in [1.54, 1.807) is 45.2 Å². The van der Waals surface area contributed by atoms with E-state index in [9.17, 15) is 18.0 Å². The van der Waals surface area contributed by atoms with Gasteiger partial charge in [-0.1, -0.05) is 23.8 Å². The Bertz CT molecular complexity index is 1480. The Morgan fingerprint density at radius 3 is 2.58 bits per heavy atom. The molecule has 0 fully saturated rings. The summed E-state index contributed by atoms with van der Waals surface area (Å²) in [6.07, 6.45) is 5.32. The van der Waals surface area contributed by atoms with E-state index >= 15 is 0 Å². The zero-order chi connectivity index (χ0) is 28.9. The average molecular weight is 568 g/mol. The second-order valence-electron chi connectivity index (χ2n) is 10.1. The number of hydrogen-bond donors (Lipinski definition) is 4. The van der Waals surface area contributed by atoms with Gasteiger partial charge >= 0.3 is 5.97 Å². The summed E-state index contributed by atoms with van der Waals surface area (Å²) in [5.41, 5.74) is 5.53. The fourth-order valence-electron chi connectivity index (χ4n) is 5.04. The van der Waals surface area contributed by atoms with E-state index in [1.165, 1.54) is 5.56 Å². The van der Waals surface area contributed by atoms with E-state index in [2.05, 4.69) is 26.4 Å². The lowest BCUT2D eigenvalue weighted by molar-refractivity contribution is -0.144. The number of nitrogens with zero attached hydrogens (tertiary/aromatic N) is 1. The monoisotopic (exact) mass is 567 g/mol. The van der Waals surface area contributed by atoms with E-state index in [0.29, 0.717) is 23.2 Å². The second kappa shape index (κ2) is 12.6. The molecule has 0 bridgehead atoms. The van der Waals surface area contributed by atoms with Crippen molar-refractivity contribution in [3.05, 3.63) is 75.7 Å². The summed E-state index contributed by atoms with van der Waals surface area (Å²) in [5.74, 6) is -0.274. The predicted octanol–water partition coefficient (Wildman–Crippen LogP) is 3.12. The maximum Gasteiger partial charge on any atom is 0.326 e. The predicted molar refractivity (Wildman–Crippen MR) is 153 cm³/mol. The van der Waals surface area contributed by atoms with Crippen LogP contribution in [0.2, 0.25) is 0 Å². The second-order valence-corrected chi connectivity index (χ2v) is 11.8. The van der Waals surface area contributed by atoms with Gasteiger partial charge in [-0.2, -0.15) is 4.72 Å². The number of pyridine rings is 1. The lowest BCUT2D eigenvalue weighted by atomic mass is 10.1. The molecular formula is C29H37N5O5S. The number of aromatic amines is 1. The van der Waals surface area contributed by atoms with E-state index in [0.717, 1.165) is 48.4 Å². The topological polar surface area (TPSA) is 142 Å². The molecular weight excluding hydrogens is 530 g/mol. The molecule has 1 aliphatic heterocycles. The fraction of sp³-hybridized carbons (Fsp3) is 0.414. The number of aromatic nitrogens is 2. The van der Waals surface area contributed by atoms with Gasteiger partial charge in [-0.25, -0.2) is 13.4 Å². The van der Waals surface area contributed by atoms with Crippen LogP contribution >= 0.6 is 0 Å². The lowest BCUT2D eigenvalue weighted by Gasteiger charge is -2.20. The molecule has 0 radical (unpaired) electrons. The van der Waals surface area contributed by atoms with Crippen LogP contribution in [-0.2, 0) is 38.8 Å². The van der Waals surface area contributed by atoms with Crippen molar-refractivity contribution in [2.75, 3.05) is 25.0 Å². The number of fused-ring (bicyclic) bond motifs is 1. The third kappa shape index (κ3) is 7.08. The van der Waals surface area contributed by atoms with Crippen molar-refractivity contribution in [1.29, 1.82) is 0 Å². The number of rotatable bonds is 11. The molecule has 0 aliphatic carbocycles. The van der Waals surface area contributed by atoms with E-state index < -0.39 is 27.9 Å². The van der Waals surface area contributed by atoms with Gasteiger partial charge in [0.15, 0.2) is 0 Å². The van der Waals surface area contributed by atoms with Gasteiger partial charge in [0, 0.05) is 25.0 Å². The molecule has 0 unspecified atom stereocenters. The Balaban J connectivity index is 1.39. The molecule has 0 spiro atoms. The molecule has 1 amide bonds. The summed E-state index contributed by atoms with van der Waals surface area (Å²) in [5, 5.41) is 6.00. The molecule has 3 aromatic rings. The van der Waals surface area contributed by atoms with Crippen LogP contribution < -0.4 is 15.4 Å². The summed E-state index contributed by atoms with van der Waals surface area (Å²) in [6.45, 7) is 7.66. The first kappa shape index (κ1) is 29.3. The summed E-state index contributed by atoms with van der Waals surface area (Å²) in [6, 6.07) is 8.15. The van der Waals surface area contributed by atoms with Crippen molar-refractivity contribution in [2.24, 2.45) is 0 Å². The number of anilines is 1. The molecule has 4 N–H and O–H groups in total. The molecule has 1 aromatic carbocycles. The number of carbonyl (C=O) groups is 2. The van der Waals surface area contributed by atoms with Crippen LogP contribution in [0.25, 0.3) is 0 Å². The normalized spacial score (nSPS) is 13.7. The maximum absolute atomic E-state index is 13.2. The highest BCUT2D eigenvalue weighted by atomic mass is 32.2. The van der Waals surface area contributed by atoms with Gasteiger partial charge in [-0.15, -0.1) is 0 Å². The van der Waals surface area contributed by atoms with Crippen LogP contribution in [0, 0.1) is 20.8 Å². The van der Waals surface area contributed by atoms with E-state index in [-0.39, 0.29) is 18.0 Å². The minimum absolute atomic E-state index is 0.0721. The highest BCUT2D eigenvalue weighted by Gasteiger charge is 2.29. The molecule has 0 saturated carbocycles. The largest absolute Gasteiger partial charge is 0.465 e. The molecule has 4 rings (SSSR count). The third-order valence-corrected chi connectivity index (χ3v) is 8.59. The highest BCUT2D eigenvalue weighted by Crippen LogP contribution is 2.22. The number of hydrogen-bond acceptors (Lipinski definition) is 7. The van der Waals surface area contributed by atoms with Crippen LogP contribution in [-0.4, -0.2) is 56.0 Å². The minimum atomic E-state index is -4.07. The van der Waals surface area contributed by atoms with Gasteiger partial charge in [0.1, 0.15) is 17.6 Å². The Hall–Kier alpha value is -3.70. The van der Waals surface area contributed by atoms with Crippen molar-refractivity contribution in [2.45, 2.75) is 64.3 Å². The first-order valence-corrected chi connectivity index (χ1v) is 15.0. The Labute approximate surface area is 235 Å².